The molecule has 0 spiro atoms. The fourth-order valence-corrected chi connectivity index (χ4v) is 1.04. The molecule has 0 aliphatic carbocycles. The van der Waals surface area contributed by atoms with Crippen LogP contribution in [-0.2, 0) is 0 Å². The highest BCUT2D eigenvalue weighted by atomic mass is 16.3. The Morgan fingerprint density at radius 1 is 1.43 bits per heavy atom. The molecular weight excluding hydrogens is 184 g/mol. The second-order valence-corrected chi connectivity index (χ2v) is 2.94. The van der Waals surface area contributed by atoms with Gasteiger partial charge in [0, 0.05) is 24.5 Å². The first-order valence-corrected chi connectivity index (χ1v) is 4.23. The van der Waals surface area contributed by atoms with Crippen LogP contribution in [0.3, 0.4) is 0 Å². The molecule has 5 N–H and O–H groups in total. The second kappa shape index (κ2) is 4.85. The van der Waals surface area contributed by atoms with Gasteiger partial charge >= 0.3 is 0 Å². The van der Waals surface area contributed by atoms with Crippen molar-refractivity contribution in [1.29, 1.82) is 0 Å². The summed E-state index contributed by atoms with van der Waals surface area (Å²) in [5.41, 5.74) is 5.73. The van der Waals surface area contributed by atoms with E-state index in [1.165, 1.54) is 12.4 Å². The van der Waals surface area contributed by atoms with Crippen molar-refractivity contribution in [1.82, 2.24) is 15.3 Å². The third kappa shape index (κ3) is 2.63. The van der Waals surface area contributed by atoms with Gasteiger partial charge in [0.05, 0.1) is 6.10 Å². The average Bonchev–Trinajstić information content (AvgIpc) is 2.18. The van der Waals surface area contributed by atoms with E-state index in [1.54, 1.807) is 7.05 Å². The molecule has 0 bridgehead atoms. The van der Waals surface area contributed by atoms with Crippen molar-refractivity contribution in [3.63, 3.8) is 0 Å². The first-order valence-electron chi connectivity index (χ1n) is 4.23. The standard InChI is InChI=1S/C8H14N4O2/c1-10-4-6(13)7(14)5-2-11-8(9)12-3-5/h2-3,6-7,10,13-14H,4H2,1H3,(H2,9,11,12). The van der Waals surface area contributed by atoms with E-state index in [9.17, 15) is 10.2 Å². The van der Waals surface area contributed by atoms with Gasteiger partial charge in [-0.1, -0.05) is 0 Å². The lowest BCUT2D eigenvalue weighted by atomic mass is 10.1. The molecule has 0 amide bonds. The van der Waals surface area contributed by atoms with Crippen LogP contribution in [0.2, 0.25) is 0 Å². The Morgan fingerprint density at radius 3 is 2.50 bits per heavy atom. The minimum atomic E-state index is -0.997. The second-order valence-electron chi connectivity index (χ2n) is 2.94. The van der Waals surface area contributed by atoms with E-state index in [0.29, 0.717) is 12.1 Å². The predicted octanol–water partition coefficient (Wildman–Crippen LogP) is -1.33. The molecule has 6 heteroatoms. The Bertz CT molecular complexity index is 277. The number of nitrogens with zero attached hydrogens (tertiary/aromatic N) is 2. The molecule has 0 aliphatic rings. The zero-order chi connectivity index (χ0) is 10.6. The highest BCUT2D eigenvalue weighted by Crippen LogP contribution is 2.14. The van der Waals surface area contributed by atoms with Gasteiger partial charge in [-0.15, -0.1) is 0 Å². The normalized spacial score (nSPS) is 15.1. The number of hydrogen-bond acceptors (Lipinski definition) is 6. The molecule has 1 heterocycles. The summed E-state index contributed by atoms with van der Waals surface area (Å²) in [7, 11) is 1.69. The molecule has 0 aliphatic heterocycles. The van der Waals surface area contributed by atoms with Crippen LogP contribution in [0.1, 0.15) is 11.7 Å². The van der Waals surface area contributed by atoms with Crippen molar-refractivity contribution in [2.24, 2.45) is 0 Å². The van der Waals surface area contributed by atoms with E-state index in [-0.39, 0.29) is 5.95 Å². The summed E-state index contributed by atoms with van der Waals surface area (Å²) in [6.07, 6.45) is 0.910. The largest absolute Gasteiger partial charge is 0.389 e. The van der Waals surface area contributed by atoms with Crippen LogP contribution in [0.15, 0.2) is 12.4 Å². The summed E-state index contributed by atoms with van der Waals surface area (Å²) in [4.78, 5) is 7.44. The minimum absolute atomic E-state index is 0.143. The lowest BCUT2D eigenvalue weighted by Crippen LogP contribution is -2.29. The van der Waals surface area contributed by atoms with Crippen LogP contribution in [-0.4, -0.2) is 39.9 Å². The fraction of sp³-hybridized carbons (Fsp3) is 0.500. The van der Waals surface area contributed by atoms with E-state index in [2.05, 4.69) is 15.3 Å². The molecule has 0 aromatic carbocycles. The van der Waals surface area contributed by atoms with Gasteiger partial charge in [-0.3, -0.25) is 0 Å². The summed E-state index contributed by atoms with van der Waals surface area (Å²) < 4.78 is 0. The Morgan fingerprint density at radius 2 is 2.00 bits per heavy atom. The van der Waals surface area contributed by atoms with Gasteiger partial charge in [0.1, 0.15) is 6.10 Å². The van der Waals surface area contributed by atoms with Gasteiger partial charge < -0.3 is 21.3 Å². The highest BCUT2D eigenvalue weighted by molar-refractivity contribution is 5.19. The van der Waals surface area contributed by atoms with E-state index < -0.39 is 12.2 Å². The fourth-order valence-electron chi connectivity index (χ4n) is 1.04. The van der Waals surface area contributed by atoms with E-state index >= 15 is 0 Å². The monoisotopic (exact) mass is 198 g/mol. The molecular formula is C8H14N4O2. The minimum Gasteiger partial charge on any atom is -0.389 e. The van der Waals surface area contributed by atoms with Crippen LogP contribution < -0.4 is 11.1 Å². The van der Waals surface area contributed by atoms with Crippen LogP contribution >= 0.6 is 0 Å². The molecule has 0 fully saturated rings. The maximum atomic E-state index is 9.60. The van der Waals surface area contributed by atoms with E-state index in [0.717, 1.165) is 0 Å². The van der Waals surface area contributed by atoms with Crippen LogP contribution in [0.4, 0.5) is 5.95 Å². The number of aliphatic hydroxyl groups excluding tert-OH is 2. The molecule has 1 aromatic heterocycles. The molecule has 1 rings (SSSR count). The predicted molar refractivity (Wildman–Crippen MR) is 51.3 cm³/mol. The van der Waals surface area contributed by atoms with Crippen LogP contribution in [0.5, 0.6) is 0 Å². The zero-order valence-corrected chi connectivity index (χ0v) is 7.88. The number of aromatic nitrogens is 2. The smallest absolute Gasteiger partial charge is 0.219 e. The van der Waals surface area contributed by atoms with Crippen molar-refractivity contribution < 1.29 is 10.2 Å². The summed E-state index contributed by atoms with van der Waals surface area (Å²) in [5, 5.41) is 21.8. The van der Waals surface area contributed by atoms with Crippen molar-refractivity contribution in [2.45, 2.75) is 12.2 Å². The molecule has 0 saturated heterocycles. The third-order valence-corrected chi connectivity index (χ3v) is 1.81. The highest BCUT2D eigenvalue weighted by Gasteiger charge is 2.17. The number of rotatable bonds is 4. The summed E-state index contributed by atoms with van der Waals surface area (Å²) in [6, 6.07) is 0. The lowest BCUT2D eigenvalue weighted by Gasteiger charge is -2.16. The van der Waals surface area contributed by atoms with Gasteiger partial charge in [0.2, 0.25) is 5.95 Å². The Balaban J connectivity index is 2.68. The quantitative estimate of drug-likeness (QED) is 0.478. The van der Waals surface area contributed by atoms with Crippen molar-refractivity contribution >= 4 is 5.95 Å². The summed E-state index contributed by atoms with van der Waals surface area (Å²) in [5.74, 6) is 0.143. The first kappa shape index (κ1) is 10.8. The van der Waals surface area contributed by atoms with Gasteiger partial charge in [0.25, 0.3) is 0 Å². The molecule has 1 aromatic rings. The van der Waals surface area contributed by atoms with Crippen LogP contribution in [0, 0.1) is 0 Å². The molecule has 6 nitrogen and oxygen atoms in total. The third-order valence-electron chi connectivity index (χ3n) is 1.81. The lowest BCUT2D eigenvalue weighted by molar-refractivity contribution is 0.0198. The van der Waals surface area contributed by atoms with Crippen molar-refractivity contribution in [2.75, 3.05) is 19.3 Å². The van der Waals surface area contributed by atoms with Crippen LogP contribution in [0.25, 0.3) is 0 Å². The first-order chi connectivity index (χ1) is 6.65. The Labute approximate surface area is 81.8 Å². The molecule has 0 radical (unpaired) electrons. The number of aliphatic hydroxyl groups is 2. The summed E-state index contributed by atoms with van der Waals surface area (Å²) in [6.45, 7) is 0.297. The maximum Gasteiger partial charge on any atom is 0.219 e. The van der Waals surface area contributed by atoms with Gasteiger partial charge in [-0.05, 0) is 7.05 Å². The Hall–Kier alpha value is -1.24. The zero-order valence-electron chi connectivity index (χ0n) is 7.88. The number of nitrogens with two attached hydrogens (primary N) is 1. The van der Waals surface area contributed by atoms with E-state index in [4.69, 9.17) is 5.73 Å². The molecule has 2 unspecified atom stereocenters. The van der Waals surface area contributed by atoms with E-state index in [1.807, 2.05) is 0 Å². The molecule has 0 saturated carbocycles. The van der Waals surface area contributed by atoms with Gasteiger partial charge in [-0.2, -0.15) is 0 Å². The van der Waals surface area contributed by atoms with Gasteiger partial charge in [-0.25, -0.2) is 9.97 Å². The number of likely N-dealkylation sites (N-methyl/N-ethyl adjacent to an activating group) is 1. The maximum absolute atomic E-state index is 9.60. The topological polar surface area (TPSA) is 104 Å². The molecule has 78 valence electrons. The number of nitrogen functional groups attached to an aromatic ring is 1. The van der Waals surface area contributed by atoms with Crippen molar-refractivity contribution in [3.8, 4) is 0 Å². The number of nitrogens with one attached hydrogen (secondary N) is 1. The molecule has 2 atom stereocenters. The van der Waals surface area contributed by atoms with Crippen molar-refractivity contribution in [3.05, 3.63) is 18.0 Å². The number of anilines is 1. The number of hydrogen-bond donors (Lipinski definition) is 4. The average molecular weight is 198 g/mol. The SMILES string of the molecule is CNCC(O)C(O)c1cnc(N)nc1. The summed E-state index contributed by atoms with van der Waals surface area (Å²) >= 11 is 0. The Kier molecular flexibility index (Phi) is 3.75. The van der Waals surface area contributed by atoms with Gasteiger partial charge in [0.15, 0.2) is 0 Å². The molecule has 14 heavy (non-hydrogen) atoms.